The number of anilines is 1. The molecule has 2 rings (SSSR count). The number of amides is 1. The van der Waals surface area contributed by atoms with Crippen molar-refractivity contribution in [3.8, 4) is 0 Å². The molecule has 1 aromatic rings. The van der Waals surface area contributed by atoms with Crippen LogP contribution in [0.2, 0.25) is 0 Å². The molecule has 0 bridgehead atoms. The number of hydrogen-bond acceptors (Lipinski definition) is 3. The molecule has 1 N–H and O–H groups in total. The lowest BCUT2D eigenvalue weighted by molar-refractivity contribution is -0.137. The molecule has 0 aliphatic heterocycles. The van der Waals surface area contributed by atoms with E-state index in [2.05, 4.69) is 5.32 Å². The molecule has 1 aromatic carbocycles. The number of nitrogens with zero attached hydrogens (tertiary/aromatic N) is 1. The Balaban J connectivity index is 2.15. The number of alkyl halides is 3. The zero-order valence-corrected chi connectivity index (χ0v) is 14.7. The number of sulfonamides is 1. The Morgan fingerprint density at radius 3 is 2.36 bits per heavy atom. The van der Waals surface area contributed by atoms with Crippen LogP contribution in [0, 0.1) is 0 Å². The fourth-order valence-corrected chi connectivity index (χ4v) is 4.16. The highest BCUT2D eigenvalue weighted by Gasteiger charge is 2.34. The fraction of sp³-hybridized carbons (Fsp3) is 0.562. The van der Waals surface area contributed by atoms with Crippen molar-refractivity contribution in [3.63, 3.8) is 0 Å². The molecule has 0 unspecified atom stereocenters. The zero-order chi connectivity index (χ0) is 18.7. The van der Waals surface area contributed by atoms with Gasteiger partial charge in [-0.05, 0) is 25.0 Å². The Bertz CT molecular complexity index is 714. The minimum absolute atomic E-state index is 0.285. The summed E-state index contributed by atoms with van der Waals surface area (Å²) in [7, 11) is -3.64. The van der Waals surface area contributed by atoms with Crippen LogP contribution < -0.4 is 5.32 Å². The molecular weight excluding hydrogens is 357 g/mol. The molecule has 0 radical (unpaired) electrons. The minimum atomic E-state index is -4.61. The highest BCUT2D eigenvalue weighted by atomic mass is 32.2. The predicted octanol–water partition coefficient (Wildman–Crippen LogP) is 3.24. The lowest BCUT2D eigenvalue weighted by Gasteiger charge is -2.32. The average Bonchev–Trinajstić information content (AvgIpc) is 2.52. The van der Waals surface area contributed by atoms with Gasteiger partial charge >= 0.3 is 6.18 Å². The van der Waals surface area contributed by atoms with E-state index in [9.17, 15) is 26.4 Å². The van der Waals surface area contributed by atoms with Crippen molar-refractivity contribution in [3.05, 3.63) is 29.8 Å². The second-order valence-electron chi connectivity index (χ2n) is 6.19. The summed E-state index contributed by atoms with van der Waals surface area (Å²) in [5.41, 5.74) is -1.34. The molecule has 1 fully saturated rings. The number of halogens is 3. The van der Waals surface area contributed by atoms with E-state index >= 15 is 0 Å². The Labute approximate surface area is 145 Å². The lowest BCUT2D eigenvalue weighted by atomic mass is 9.95. The van der Waals surface area contributed by atoms with Gasteiger partial charge < -0.3 is 5.32 Å². The van der Waals surface area contributed by atoms with Gasteiger partial charge in [0, 0.05) is 6.04 Å². The molecule has 140 valence electrons. The molecule has 5 nitrogen and oxygen atoms in total. The second kappa shape index (κ2) is 7.74. The third-order valence-corrected chi connectivity index (χ3v) is 5.49. The zero-order valence-electron chi connectivity index (χ0n) is 13.8. The van der Waals surface area contributed by atoms with E-state index in [-0.39, 0.29) is 11.7 Å². The second-order valence-corrected chi connectivity index (χ2v) is 8.13. The monoisotopic (exact) mass is 378 g/mol. The van der Waals surface area contributed by atoms with Crippen molar-refractivity contribution in [1.82, 2.24) is 4.31 Å². The van der Waals surface area contributed by atoms with Crippen molar-refractivity contribution in [2.75, 3.05) is 18.1 Å². The Morgan fingerprint density at radius 2 is 1.80 bits per heavy atom. The van der Waals surface area contributed by atoms with Crippen LogP contribution in [0.25, 0.3) is 0 Å². The summed E-state index contributed by atoms with van der Waals surface area (Å²) < 4.78 is 64.1. The van der Waals surface area contributed by atoms with Crippen LogP contribution in [0.15, 0.2) is 24.3 Å². The van der Waals surface area contributed by atoms with Gasteiger partial charge in [0.25, 0.3) is 0 Å². The molecule has 25 heavy (non-hydrogen) atoms. The predicted molar refractivity (Wildman–Crippen MR) is 88.5 cm³/mol. The van der Waals surface area contributed by atoms with E-state index in [1.54, 1.807) is 0 Å². The third kappa shape index (κ3) is 5.43. The van der Waals surface area contributed by atoms with Crippen molar-refractivity contribution in [2.24, 2.45) is 0 Å². The molecule has 9 heteroatoms. The fourth-order valence-electron chi connectivity index (χ4n) is 3.06. The molecular formula is C16H21F3N2O3S. The molecule has 1 amide bonds. The quantitative estimate of drug-likeness (QED) is 0.855. The number of carbonyl (C=O) groups is 1. The summed E-state index contributed by atoms with van der Waals surface area (Å²) in [6, 6.07) is 4.33. The number of rotatable bonds is 5. The number of carbonyl (C=O) groups excluding carboxylic acids is 1. The van der Waals surface area contributed by atoms with Crippen molar-refractivity contribution < 1.29 is 26.4 Å². The van der Waals surface area contributed by atoms with Gasteiger partial charge in [-0.2, -0.15) is 17.5 Å². The molecule has 0 atom stereocenters. The smallest absolute Gasteiger partial charge is 0.324 e. The highest BCUT2D eigenvalue weighted by Crippen LogP contribution is 2.34. The maximum Gasteiger partial charge on any atom is 0.418 e. The summed E-state index contributed by atoms with van der Waals surface area (Å²) in [4.78, 5) is 12.2. The minimum Gasteiger partial charge on any atom is -0.324 e. The van der Waals surface area contributed by atoms with E-state index in [1.165, 1.54) is 12.1 Å². The van der Waals surface area contributed by atoms with E-state index < -0.39 is 34.2 Å². The van der Waals surface area contributed by atoms with E-state index in [1.807, 2.05) is 0 Å². The van der Waals surface area contributed by atoms with Crippen molar-refractivity contribution in [2.45, 2.75) is 44.3 Å². The topological polar surface area (TPSA) is 66.5 Å². The first-order valence-electron chi connectivity index (χ1n) is 8.02. The van der Waals surface area contributed by atoms with E-state index in [0.717, 1.165) is 42.0 Å². The van der Waals surface area contributed by atoms with Crippen molar-refractivity contribution >= 4 is 21.6 Å². The molecule has 0 spiro atoms. The average molecular weight is 378 g/mol. The van der Waals surface area contributed by atoms with Gasteiger partial charge in [-0.3, -0.25) is 4.79 Å². The standard InChI is InChI=1S/C16H21F3N2O3S/c1-25(23,24)21(12-7-3-2-4-8-12)11-15(22)20-14-10-6-5-9-13(14)16(17,18)19/h5-6,9-10,12H,2-4,7-8,11H2,1H3,(H,20,22). The highest BCUT2D eigenvalue weighted by molar-refractivity contribution is 7.88. The molecule has 1 aliphatic carbocycles. The summed E-state index contributed by atoms with van der Waals surface area (Å²) in [6.45, 7) is -0.490. The first kappa shape index (κ1) is 19.7. The molecule has 1 saturated carbocycles. The van der Waals surface area contributed by atoms with Gasteiger partial charge in [-0.25, -0.2) is 8.42 Å². The van der Waals surface area contributed by atoms with Crippen LogP contribution >= 0.6 is 0 Å². The SMILES string of the molecule is CS(=O)(=O)N(CC(=O)Nc1ccccc1C(F)(F)F)C1CCCCC1. The van der Waals surface area contributed by atoms with Gasteiger partial charge in [0.1, 0.15) is 0 Å². The van der Waals surface area contributed by atoms with E-state index in [4.69, 9.17) is 0 Å². The first-order chi connectivity index (χ1) is 11.6. The van der Waals surface area contributed by atoms with Gasteiger partial charge in [0.05, 0.1) is 24.1 Å². The number of nitrogens with one attached hydrogen (secondary N) is 1. The number of para-hydroxylation sites is 1. The number of benzene rings is 1. The molecule has 0 heterocycles. The van der Waals surface area contributed by atoms with Crippen LogP contribution in [0.4, 0.5) is 18.9 Å². The molecule has 0 saturated heterocycles. The first-order valence-corrected chi connectivity index (χ1v) is 9.87. The Morgan fingerprint density at radius 1 is 1.20 bits per heavy atom. The van der Waals surface area contributed by atoms with Crippen LogP contribution in [0.5, 0.6) is 0 Å². The number of hydrogen-bond donors (Lipinski definition) is 1. The summed E-state index contributed by atoms with van der Waals surface area (Å²) in [5.74, 6) is -0.785. The lowest BCUT2D eigenvalue weighted by Crippen LogP contribution is -2.45. The maximum absolute atomic E-state index is 13.0. The van der Waals surface area contributed by atoms with Gasteiger partial charge in [-0.1, -0.05) is 31.4 Å². The van der Waals surface area contributed by atoms with Gasteiger partial charge in [0.2, 0.25) is 15.9 Å². The normalized spacial score (nSPS) is 16.8. The molecule has 0 aromatic heterocycles. The maximum atomic E-state index is 13.0. The molecule has 1 aliphatic rings. The van der Waals surface area contributed by atoms with Crippen LogP contribution in [-0.2, 0) is 21.0 Å². The largest absolute Gasteiger partial charge is 0.418 e. The Hall–Kier alpha value is -1.61. The van der Waals surface area contributed by atoms with Gasteiger partial charge in [0.15, 0.2) is 0 Å². The summed E-state index contributed by atoms with van der Waals surface area (Å²) in [5, 5.41) is 2.19. The summed E-state index contributed by atoms with van der Waals surface area (Å²) >= 11 is 0. The third-order valence-electron chi connectivity index (χ3n) is 4.21. The van der Waals surface area contributed by atoms with Crippen LogP contribution in [-0.4, -0.2) is 37.5 Å². The summed E-state index contributed by atoms with van der Waals surface area (Å²) in [6.07, 6.45) is 0.463. The Kier molecular flexibility index (Phi) is 6.10. The van der Waals surface area contributed by atoms with Crippen LogP contribution in [0.3, 0.4) is 0 Å². The van der Waals surface area contributed by atoms with Gasteiger partial charge in [-0.15, -0.1) is 0 Å². The van der Waals surface area contributed by atoms with E-state index in [0.29, 0.717) is 12.8 Å². The van der Waals surface area contributed by atoms with Crippen LogP contribution in [0.1, 0.15) is 37.7 Å². The van der Waals surface area contributed by atoms with Crippen molar-refractivity contribution in [1.29, 1.82) is 0 Å².